The number of anilines is 1. The minimum atomic E-state index is -4.57. The number of carbonyl (C=O) groups excluding carboxylic acids is 1. The van der Waals surface area contributed by atoms with E-state index in [-0.39, 0.29) is 22.7 Å². The fourth-order valence-corrected chi connectivity index (χ4v) is 3.13. The predicted octanol–water partition coefficient (Wildman–Crippen LogP) is 3.23. The molecule has 3 heterocycles. The molecule has 1 N–H and O–H groups in total. The van der Waals surface area contributed by atoms with Crippen molar-refractivity contribution >= 4 is 28.1 Å². The van der Waals surface area contributed by atoms with Crippen LogP contribution in [-0.2, 0) is 18.0 Å². The Hall–Kier alpha value is -3.69. The van der Waals surface area contributed by atoms with Gasteiger partial charge < -0.3 is 5.32 Å². The smallest absolute Gasteiger partial charge is 0.326 e. The van der Waals surface area contributed by atoms with E-state index in [1.54, 1.807) is 19.2 Å². The molecule has 1 aromatic carbocycles. The lowest BCUT2D eigenvalue weighted by Gasteiger charge is -2.08. The Labute approximate surface area is 161 Å². The quantitative estimate of drug-likeness (QED) is 0.559. The van der Waals surface area contributed by atoms with E-state index >= 15 is 0 Å². The van der Waals surface area contributed by atoms with Gasteiger partial charge in [-0.15, -0.1) is 0 Å². The van der Waals surface area contributed by atoms with E-state index in [1.165, 1.54) is 34.2 Å². The van der Waals surface area contributed by atoms with Crippen LogP contribution in [0.1, 0.15) is 12.6 Å². The van der Waals surface area contributed by atoms with E-state index in [0.717, 1.165) is 12.3 Å². The fourth-order valence-electron chi connectivity index (χ4n) is 3.13. The summed E-state index contributed by atoms with van der Waals surface area (Å²) in [5.74, 6) is -0.276. The second-order valence-electron chi connectivity index (χ2n) is 6.50. The van der Waals surface area contributed by atoms with Crippen molar-refractivity contribution in [2.24, 2.45) is 7.05 Å². The zero-order valence-electron chi connectivity index (χ0n) is 15.3. The highest BCUT2D eigenvalue weighted by Gasteiger charge is 2.32. The van der Waals surface area contributed by atoms with Crippen molar-refractivity contribution in [3.63, 3.8) is 0 Å². The maximum atomic E-state index is 13.0. The number of nitrogens with zero attached hydrogens (tertiary/aromatic N) is 4. The molecule has 0 bridgehead atoms. The summed E-state index contributed by atoms with van der Waals surface area (Å²) in [4.78, 5) is 27.4. The third-order valence-electron chi connectivity index (χ3n) is 4.46. The Morgan fingerprint density at radius 3 is 2.59 bits per heavy atom. The lowest BCUT2D eigenvalue weighted by molar-refractivity contribution is -0.141. The van der Waals surface area contributed by atoms with Crippen LogP contribution in [0.5, 0.6) is 0 Å². The van der Waals surface area contributed by atoms with Crippen LogP contribution in [-0.4, -0.2) is 25.1 Å². The topological polar surface area (TPSA) is 81.3 Å². The Morgan fingerprint density at radius 2 is 1.90 bits per heavy atom. The van der Waals surface area contributed by atoms with Crippen molar-refractivity contribution in [1.82, 2.24) is 19.2 Å². The van der Waals surface area contributed by atoms with Crippen molar-refractivity contribution in [2.75, 3.05) is 5.32 Å². The fraction of sp³-hybridized carbons (Fsp3) is 0.158. The van der Waals surface area contributed by atoms with Gasteiger partial charge in [-0.3, -0.25) is 19.1 Å². The van der Waals surface area contributed by atoms with Crippen molar-refractivity contribution in [3.8, 4) is 11.3 Å². The average Bonchev–Trinajstić information content (AvgIpc) is 3.11. The summed E-state index contributed by atoms with van der Waals surface area (Å²) in [6, 6.07) is 8.66. The number of pyridine rings is 1. The van der Waals surface area contributed by atoms with Gasteiger partial charge in [0.15, 0.2) is 0 Å². The van der Waals surface area contributed by atoms with Crippen LogP contribution in [0.25, 0.3) is 27.8 Å². The van der Waals surface area contributed by atoms with Crippen LogP contribution < -0.4 is 10.9 Å². The zero-order valence-corrected chi connectivity index (χ0v) is 15.3. The number of nitrogens with one attached hydrogen (secondary N) is 1. The summed E-state index contributed by atoms with van der Waals surface area (Å²) >= 11 is 0. The summed E-state index contributed by atoms with van der Waals surface area (Å²) < 4.78 is 41.8. The molecule has 0 atom stereocenters. The molecule has 4 aromatic rings. The average molecular weight is 401 g/mol. The molecule has 7 nitrogen and oxygen atoms in total. The van der Waals surface area contributed by atoms with Crippen LogP contribution in [0.3, 0.4) is 0 Å². The van der Waals surface area contributed by atoms with Crippen LogP contribution >= 0.6 is 0 Å². The Morgan fingerprint density at radius 1 is 1.14 bits per heavy atom. The molecule has 4 rings (SSSR count). The number of aromatic nitrogens is 4. The van der Waals surface area contributed by atoms with Crippen molar-refractivity contribution in [3.05, 3.63) is 58.6 Å². The van der Waals surface area contributed by atoms with Gasteiger partial charge in [0.1, 0.15) is 11.3 Å². The first kappa shape index (κ1) is 18.7. The first-order valence-corrected chi connectivity index (χ1v) is 8.49. The van der Waals surface area contributed by atoms with E-state index in [4.69, 9.17) is 0 Å². The number of aryl methyl sites for hydroxylation is 1. The largest absolute Gasteiger partial charge is 0.433 e. The van der Waals surface area contributed by atoms with Crippen molar-refractivity contribution in [1.29, 1.82) is 0 Å². The second kappa shape index (κ2) is 6.43. The number of carbonyl (C=O) groups is 1. The third-order valence-corrected chi connectivity index (χ3v) is 4.46. The number of halogens is 3. The summed E-state index contributed by atoms with van der Waals surface area (Å²) in [5, 5.41) is 7.33. The Bertz CT molecular complexity index is 1340. The minimum absolute atomic E-state index is 0.228. The molecule has 0 aliphatic carbocycles. The van der Waals surface area contributed by atoms with Crippen LogP contribution in [0.15, 0.2) is 47.4 Å². The van der Waals surface area contributed by atoms with Gasteiger partial charge in [0.25, 0.3) is 5.56 Å². The lowest BCUT2D eigenvalue weighted by Crippen LogP contribution is -2.20. The summed E-state index contributed by atoms with van der Waals surface area (Å²) in [6.07, 6.45) is -3.51. The van der Waals surface area contributed by atoms with E-state index in [0.29, 0.717) is 22.2 Å². The van der Waals surface area contributed by atoms with Gasteiger partial charge in [0.2, 0.25) is 5.91 Å². The van der Waals surface area contributed by atoms with Gasteiger partial charge in [-0.05, 0) is 30.3 Å². The van der Waals surface area contributed by atoms with E-state index in [9.17, 15) is 22.8 Å². The normalized spacial score (nSPS) is 11.9. The summed E-state index contributed by atoms with van der Waals surface area (Å²) in [5.41, 5.74) is 0.488. The summed E-state index contributed by atoms with van der Waals surface area (Å²) in [7, 11) is 1.54. The van der Waals surface area contributed by atoms with Gasteiger partial charge in [-0.2, -0.15) is 18.3 Å². The molecule has 0 spiro atoms. The minimum Gasteiger partial charge on any atom is -0.326 e. The van der Waals surface area contributed by atoms with Crippen molar-refractivity contribution < 1.29 is 18.0 Å². The number of fused-ring (bicyclic) bond motifs is 3. The summed E-state index contributed by atoms with van der Waals surface area (Å²) in [6.45, 7) is 1.36. The third kappa shape index (κ3) is 3.22. The highest BCUT2D eigenvalue weighted by molar-refractivity contribution is 5.92. The molecule has 0 saturated heterocycles. The number of hydrogen-bond acceptors (Lipinski definition) is 4. The zero-order chi connectivity index (χ0) is 20.9. The van der Waals surface area contributed by atoms with Crippen molar-refractivity contribution in [2.45, 2.75) is 13.1 Å². The SMILES string of the molecule is CC(=O)Nc1ccc2c(c1)c(=O)n(C)c1cc(-c3ccnc(C(F)(F)F)c3)nn21. The standard InChI is InChI=1S/C19H14F3N5O2/c1-10(28)24-12-3-4-15-13(8-12)18(29)26(2)17-9-14(25-27(15)17)11-5-6-23-16(7-11)19(20,21)22/h3-9H,1-2H3,(H,24,28). The number of rotatable bonds is 2. The Balaban J connectivity index is 1.94. The Kier molecular flexibility index (Phi) is 4.14. The second-order valence-corrected chi connectivity index (χ2v) is 6.50. The predicted molar refractivity (Wildman–Crippen MR) is 100 cm³/mol. The molecule has 0 radical (unpaired) electrons. The molecule has 1 amide bonds. The molecule has 0 fully saturated rings. The molecule has 0 unspecified atom stereocenters. The molecular formula is C19H14F3N5O2. The van der Waals surface area contributed by atoms with E-state index in [1.807, 2.05) is 0 Å². The van der Waals surface area contributed by atoms with Crippen LogP contribution in [0.4, 0.5) is 18.9 Å². The van der Waals surface area contributed by atoms with Gasteiger partial charge >= 0.3 is 6.18 Å². The van der Waals surface area contributed by atoms with Crippen LogP contribution in [0.2, 0.25) is 0 Å². The molecule has 29 heavy (non-hydrogen) atoms. The monoisotopic (exact) mass is 401 g/mol. The number of hydrogen-bond donors (Lipinski definition) is 1. The number of benzene rings is 1. The highest BCUT2D eigenvalue weighted by Crippen LogP contribution is 2.30. The molecule has 0 aliphatic heterocycles. The molecule has 0 saturated carbocycles. The van der Waals surface area contributed by atoms with Gasteiger partial charge in [-0.25, -0.2) is 4.52 Å². The number of alkyl halides is 3. The first-order chi connectivity index (χ1) is 13.6. The first-order valence-electron chi connectivity index (χ1n) is 8.49. The van der Waals surface area contributed by atoms with Crippen LogP contribution in [0, 0.1) is 0 Å². The van der Waals surface area contributed by atoms with E-state index < -0.39 is 11.9 Å². The molecule has 10 heteroatoms. The molecule has 3 aromatic heterocycles. The van der Waals surface area contributed by atoms with Gasteiger partial charge in [0, 0.05) is 37.5 Å². The maximum absolute atomic E-state index is 13.0. The highest BCUT2D eigenvalue weighted by atomic mass is 19.4. The molecule has 148 valence electrons. The van der Waals surface area contributed by atoms with E-state index in [2.05, 4.69) is 15.4 Å². The molecular weight excluding hydrogens is 387 g/mol. The van der Waals surface area contributed by atoms with Gasteiger partial charge in [-0.1, -0.05) is 0 Å². The number of amides is 1. The van der Waals surface area contributed by atoms with Gasteiger partial charge in [0.05, 0.1) is 16.6 Å². The maximum Gasteiger partial charge on any atom is 0.433 e. The molecule has 0 aliphatic rings. The lowest BCUT2D eigenvalue weighted by atomic mass is 10.1.